The maximum Gasteiger partial charge on any atom is 0.307 e. The first-order chi connectivity index (χ1) is 9.69. The molecule has 1 unspecified atom stereocenters. The maximum atomic E-state index is 11.0. The zero-order chi connectivity index (χ0) is 14.4. The second kappa shape index (κ2) is 7.41. The first-order valence-corrected chi connectivity index (χ1v) is 7.38. The van der Waals surface area contributed by atoms with Crippen LogP contribution in [0.1, 0.15) is 24.8 Å². The summed E-state index contributed by atoms with van der Waals surface area (Å²) in [7, 11) is 0. The predicted octanol–water partition coefficient (Wildman–Crippen LogP) is 1.95. The molecule has 4 nitrogen and oxygen atoms in total. The van der Waals surface area contributed by atoms with E-state index in [-0.39, 0.29) is 12.5 Å². The number of nitrogens with zero attached hydrogens (tertiary/aromatic N) is 1. The van der Waals surface area contributed by atoms with Gasteiger partial charge in [0, 0.05) is 13.1 Å². The van der Waals surface area contributed by atoms with Gasteiger partial charge in [0.1, 0.15) is 0 Å². The lowest BCUT2D eigenvalue weighted by Gasteiger charge is -2.32. The number of nitrogens with two attached hydrogens (primary N) is 1. The minimum absolute atomic E-state index is 0.250. The van der Waals surface area contributed by atoms with Crippen LogP contribution in [0.2, 0.25) is 0 Å². The van der Waals surface area contributed by atoms with Crippen molar-refractivity contribution in [1.82, 2.24) is 4.90 Å². The van der Waals surface area contributed by atoms with Gasteiger partial charge in [-0.15, -0.1) is 0 Å². The van der Waals surface area contributed by atoms with Gasteiger partial charge in [0.15, 0.2) is 0 Å². The number of hydrogen-bond donors (Lipinski definition) is 2. The van der Waals surface area contributed by atoms with E-state index < -0.39 is 5.97 Å². The van der Waals surface area contributed by atoms with Crippen molar-refractivity contribution in [1.29, 1.82) is 0 Å². The smallest absolute Gasteiger partial charge is 0.307 e. The fourth-order valence-electron chi connectivity index (χ4n) is 2.92. The van der Waals surface area contributed by atoms with Crippen LogP contribution in [0.25, 0.3) is 0 Å². The number of hydrogen-bond acceptors (Lipinski definition) is 3. The monoisotopic (exact) mass is 276 g/mol. The Kier molecular flexibility index (Phi) is 5.56. The van der Waals surface area contributed by atoms with Crippen LogP contribution < -0.4 is 5.73 Å². The number of carboxylic acid groups (broad SMARTS) is 1. The van der Waals surface area contributed by atoms with E-state index in [1.807, 2.05) is 6.07 Å². The van der Waals surface area contributed by atoms with Crippen LogP contribution in [-0.4, -0.2) is 35.6 Å². The molecule has 1 fully saturated rings. The SMILES string of the molecule is NCC(CC1CCN(Cc2ccccc2)CC1)C(=O)O. The lowest BCUT2D eigenvalue weighted by atomic mass is 9.87. The molecular formula is C16H24N2O2. The normalized spacial score (nSPS) is 18.9. The molecule has 0 radical (unpaired) electrons. The molecule has 0 spiro atoms. The molecule has 1 aliphatic rings. The van der Waals surface area contributed by atoms with Crippen LogP contribution in [-0.2, 0) is 11.3 Å². The first kappa shape index (κ1) is 15.0. The van der Waals surface area contributed by atoms with E-state index >= 15 is 0 Å². The molecule has 1 heterocycles. The second-order valence-electron chi connectivity index (χ2n) is 5.71. The molecule has 0 aliphatic carbocycles. The maximum absolute atomic E-state index is 11.0. The number of aliphatic carboxylic acids is 1. The van der Waals surface area contributed by atoms with Gasteiger partial charge < -0.3 is 10.8 Å². The third-order valence-electron chi connectivity index (χ3n) is 4.21. The Morgan fingerprint density at radius 3 is 2.50 bits per heavy atom. The van der Waals surface area contributed by atoms with Crippen LogP contribution >= 0.6 is 0 Å². The molecule has 1 aromatic carbocycles. The summed E-state index contributed by atoms with van der Waals surface area (Å²) < 4.78 is 0. The lowest BCUT2D eigenvalue weighted by Crippen LogP contribution is -2.35. The van der Waals surface area contributed by atoms with Gasteiger partial charge in [0.25, 0.3) is 0 Å². The Morgan fingerprint density at radius 2 is 1.95 bits per heavy atom. The van der Waals surface area contributed by atoms with Gasteiger partial charge in [0.05, 0.1) is 5.92 Å². The van der Waals surface area contributed by atoms with Gasteiger partial charge in [-0.25, -0.2) is 0 Å². The zero-order valence-corrected chi connectivity index (χ0v) is 11.9. The van der Waals surface area contributed by atoms with E-state index in [2.05, 4.69) is 29.2 Å². The molecule has 1 atom stereocenters. The molecule has 0 amide bonds. The average Bonchev–Trinajstić information content (AvgIpc) is 2.47. The number of rotatable bonds is 6. The topological polar surface area (TPSA) is 66.6 Å². The molecule has 110 valence electrons. The predicted molar refractivity (Wildman–Crippen MR) is 79.2 cm³/mol. The van der Waals surface area contributed by atoms with Crippen molar-refractivity contribution in [3.63, 3.8) is 0 Å². The summed E-state index contributed by atoms with van der Waals surface area (Å²) >= 11 is 0. The van der Waals surface area contributed by atoms with Crippen molar-refractivity contribution in [3.8, 4) is 0 Å². The Balaban J connectivity index is 1.76. The van der Waals surface area contributed by atoms with Crippen molar-refractivity contribution in [3.05, 3.63) is 35.9 Å². The first-order valence-electron chi connectivity index (χ1n) is 7.38. The molecular weight excluding hydrogens is 252 g/mol. The summed E-state index contributed by atoms with van der Waals surface area (Å²) in [4.78, 5) is 13.5. The Labute approximate surface area is 120 Å². The minimum Gasteiger partial charge on any atom is -0.481 e. The van der Waals surface area contributed by atoms with Gasteiger partial charge in [0.2, 0.25) is 0 Å². The van der Waals surface area contributed by atoms with Crippen LogP contribution in [0.5, 0.6) is 0 Å². The Morgan fingerprint density at radius 1 is 1.30 bits per heavy atom. The third kappa shape index (κ3) is 4.32. The van der Waals surface area contributed by atoms with Crippen LogP contribution in [0.3, 0.4) is 0 Å². The van der Waals surface area contributed by atoms with Gasteiger partial charge in [-0.2, -0.15) is 0 Å². The summed E-state index contributed by atoms with van der Waals surface area (Å²) in [5, 5.41) is 9.06. The molecule has 3 N–H and O–H groups in total. The fraction of sp³-hybridized carbons (Fsp3) is 0.562. The summed E-state index contributed by atoms with van der Waals surface area (Å²) in [5.41, 5.74) is 6.87. The van der Waals surface area contributed by atoms with E-state index in [4.69, 9.17) is 10.8 Å². The summed E-state index contributed by atoms with van der Waals surface area (Å²) in [6.45, 7) is 3.35. The van der Waals surface area contributed by atoms with E-state index in [0.717, 1.165) is 38.9 Å². The van der Waals surface area contributed by atoms with E-state index in [9.17, 15) is 4.79 Å². The lowest BCUT2D eigenvalue weighted by molar-refractivity contribution is -0.142. The second-order valence-corrected chi connectivity index (χ2v) is 5.71. The van der Waals surface area contributed by atoms with Gasteiger partial charge in [-0.05, 0) is 43.8 Å². The third-order valence-corrected chi connectivity index (χ3v) is 4.21. The summed E-state index contributed by atoms with van der Waals surface area (Å²) in [5.74, 6) is -0.619. The van der Waals surface area contributed by atoms with Gasteiger partial charge in [-0.1, -0.05) is 30.3 Å². The number of carbonyl (C=O) groups is 1. The highest BCUT2D eigenvalue weighted by Gasteiger charge is 2.25. The van der Waals surface area contributed by atoms with E-state index in [1.165, 1.54) is 5.56 Å². The summed E-state index contributed by atoms with van der Waals surface area (Å²) in [6, 6.07) is 10.5. The molecule has 1 aliphatic heterocycles. The Hall–Kier alpha value is -1.39. The number of piperidine rings is 1. The van der Waals surface area contributed by atoms with E-state index in [0.29, 0.717) is 5.92 Å². The highest BCUT2D eigenvalue weighted by molar-refractivity contribution is 5.70. The van der Waals surface area contributed by atoms with Crippen molar-refractivity contribution >= 4 is 5.97 Å². The highest BCUT2D eigenvalue weighted by Crippen LogP contribution is 2.25. The minimum atomic E-state index is -0.751. The molecule has 0 aromatic heterocycles. The van der Waals surface area contributed by atoms with Gasteiger partial charge >= 0.3 is 5.97 Å². The van der Waals surface area contributed by atoms with Gasteiger partial charge in [-0.3, -0.25) is 9.69 Å². The molecule has 1 aromatic rings. The molecule has 0 saturated carbocycles. The van der Waals surface area contributed by atoms with E-state index in [1.54, 1.807) is 0 Å². The number of carboxylic acids is 1. The standard InChI is InChI=1S/C16H24N2O2/c17-11-15(16(19)20)10-13-6-8-18(9-7-13)12-14-4-2-1-3-5-14/h1-5,13,15H,6-12,17H2,(H,19,20). The molecule has 2 rings (SSSR count). The quantitative estimate of drug-likeness (QED) is 0.833. The average molecular weight is 276 g/mol. The van der Waals surface area contributed by atoms with Crippen LogP contribution in [0, 0.1) is 11.8 Å². The number of likely N-dealkylation sites (tertiary alicyclic amines) is 1. The molecule has 0 bridgehead atoms. The van der Waals surface area contributed by atoms with Crippen molar-refractivity contribution in [2.75, 3.05) is 19.6 Å². The molecule has 4 heteroatoms. The van der Waals surface area contributed by atoms with Crippen molar-refractivity contribution < 1.29 is 9.90 Å². The fourth-order valence-corrected chi connectivity index (χ4v) is 2.92. The van der Waals surface area contributed by atoms with Crippen molar-refractivity contribution in [2.45, 2.75) is 25.8 Å². The number of benzene rings is 1. The Bertz CT molecular complexity index is 414. The largest absolute Gasteiger partial charge is 0.481 e. The van der Waals surface area contributed by atoms with Crippen molar-refractivity contribution in [2.24, 2.45) is 17.6 Å². The molecule has 20 heavy (non-hydrogen) atoms. The van der Waals surface area contributed by atoms with Crippen LogP contribution in [0.4, 0.5) is 0 Å². The molecule has 1 saturated heterocycles. The zero-order valence-electron chi connectivity index (χ0n) is 11.9. The summed E-state index contributed by atoms with van der Waals surface area (Å²) in [6.07, 6.45) is 2.89. The van der Waals surface area contributed by atoms with Crippen LogP contribution in [0.15, 0.2) is 30.3 Å². The highest BCUT2D eigenvalue weighted by atomic mass is 16.4.